The molecule has 1 aliphatic rings. The molecule has 0 aliphatic carbocycles. The highest BCUT2D eigenvalue weighted by Crippen LogP contribution is 2.10. The Kier molecular flexibility index (Phi) is 4.01. The smallest absolute Gasteiger partial charge is 0.224 e. The van der Waals surface area contributed by atoms with E-state index in [1.807, 2.05) is 33.7 Å². The fourth-order valence-electron chi connectivity index (χ4n) is 2.74. The van der Waals surface area contributed by atoms with Crippen LogP contribution in [0.4, 0.5) is 0 Å². The number of carbonyl (C=O) groups excluding carboxylic acids is 1. The molecule has 0 saturated carbocycles. The summed E-state index contributed by atoms with van der Waals surface area (Å²) in [4.78, 5) is 25.9. The number of pyridine rings is 1. The molecule has 110 valence electrons. The molecule has 1 N–H and O–H groups in total. The second-order valence-corrected chi connectivity index (χ2v) is 5.27. The van der Waals surface area contributed by atoms with E-state index in [0.717, 1.165) is 31.7 Å². The van der Waals surface area contributed by atoms with Crippen LogP contribution >= 0.6 is 0 Å². The van der Waals surface area contributed by atoms with Gasteiger partial charge in [0.2, 0.25) is 5.91 Å². The Hall–Kier alpha value is -2.14. The fraction of sp³-hybridized carbons (Fsp3) is 0.375. The molecule has 0 radical (unpaired) electrons. The predicted molar refractivity (Wildman–Crippen MR) is 82.3 cm³/mol. The molecule has 1 saturated heterocycles. The second kappa shape index (κ2) is 6.10. The van der Waals surface area contributed by atoms with Crippen molar-refractivity contribution in [1.82, 2.24) is 14.8 Å². The largest absolute Gasteiger partial charge is 0.347 e. The first kappa shape index (κ1) is 13.8. The Bertz CT molecular complexity index is 702. The summed E-state index contributed by atoms with van der Waals surface area (Å²) in [5.41, 5.74) is 0.911. The zero-order valence-corrected chi connectivity index (χ0v) is 11.9. The molecule has 3 rings (SSSR count). The minimum Gasteiger partial charge on any atom is -0.347 e. The molecule has 21 heavy (non-hydrogen) atoms. The molecule has 5 heteroatoms. The van der Waals surface area contributed by atoms with Gasteiger partial charge in [-0.3, -0.25) is 9.59 Å². The van der Waals surface area contributed by atoms with Crippen LogP contribution in [0.3, 0.4) is 0 Å². The minimum absolute atomic E-state index is 0.0234. The van der Waals surface area contributed by atoms with Crippen molar-refractivity contribution < 1.29 is 4.79 Å². The number of para-hydroxylation sites is 1. The number of benzene rings is 1. The summed E-state index contributed by atoms with van der Waals surface area (Å²) in [5, 5.41) is 3.94. The summed E-state index contributed by atoms with van der Waals surface area (Å²) >= 11 is 0. The van der Waals surface area contributed by atoms with Gasteiger partial charge in [-0.15, -0.1) is 0 Å². The third kappa shape index (κ3) is 2.97. The van der Waals surface area contributed by atoms with Crippen molar-refractivity contribution in [2.24, 2.45) is 0 Å². The van der Waals surface area contributed by atoms with E-state index in [9.17, 15) is 9.59 Å². The highest BCUT2D eigenvalue weighted by molar-refractivity contribution is 5.79. The minimum atomic E-state index is 0.0234. The Morgan fingerprint density at radius 3 is 2.71 bits per heavy atom. The monoisotopic (exact) mass is 285 g/mol. The van der Waals surface area contributed by atoms with Crippen LogP contribution < -0.4 is 10.7 Å². The first-order valence-corrected chi connectivity index (χ1v) is 7.32. The van der Waals surface area contributed by atoms with E-state index in [1.54, 1.807) is 12.3 Å². The lowest BCUT2D eigenvalue weighted by Gasteiger charge is -2.27. The van der Waals surface area contributed by atoms with Gasteiger partial charge in [0.25, 0.3) is 0 Å². The molecule has 1 amide bonds. The van der Waals surface area contributed by atoms with Gasteiger partial charge in [-0.25, -0.2) is 0 Å². The number of hydrogen-bond donors (Lipinski definition) is 1. The zero-order chi connectivity index (χ0) is 14.7. The lowest BCUT2D eigenvalue weighted by atomic mass is 10.2. The zero-order valence-electron chi connectivity index (χ0n) is 11.9. The number of rotatable bonds is 3. The quantitative estimate of drug-likeness (QED) is 0.908. The van der Waals surface area contributed by atoms with Gasteiger partial charge < -0.3 is 14.8 Å². The molecule has 1 fully saturated rings. The van der Waals surface area contributed by atoms with Crippen LogP contribution in [-0.4, -0.2) is 41.6 Å². The summed E-state index contributed by atoms with van der Waals surface area (Å²) in [6.07, 6.45) is 2.24. The lowest BCUT2D eigenvalue weighted by Crippen LogP contribution is -2.46. The van der Waals surface area contributed by atoms with Crippen LogP contribution in [-0.2, 0) is 11.3 Å². The van der Waals surface area contributed by atoms with Crippen molar-refractivity contribution in [1.29, 1.82) is 0 Å². The standard InChI is InChI=1S/C16H19N3O2/c20-15-5-9-18(14-4-2-1-3-13(14)15)10-6-16(21)19-11-7-17-8-12-19/h1-5,9,17H,6-8,10-12H2. The molecule has 0 unspecified atom stereocenters. The van der Waals surface area contributed by atoms with Gasteiger partial charge in [0.15, 0.2) is 5.43 Å². The van der Waals surface area contributed by atoms with Crippen LogP contribution in [0, 0.1) is 0 Å². The molecule has 2 aromatic rings. The number of nitrogens with one attached hydrogen (secondary N) is 1. The normalized spacial score (nSPS) is 15.3. The molecule has 2 heterocycles. The molecule has 0 bridgehead atoms. The van der Waals surface area contributed by atoms with E-state index < -0.39 is 0 Å². The summed E-state index contributed by atoms with van der Waals surface area (Å²) in [5.74, 6) is 0.180. The Labute approximate surface area is 123 Å². The average molecular weight is 285 g/mol. The molecule has 1 aromatic carbocycles. The van der Waals surface area contributed by atoms with Gasteiger partial charge in [-0.1, -0.05) is 12.1 Å². The topological polar surface area (TPSA) is 54.3 Å². The van der Waals surface area contributed by atoms with Crippen molar-refractivity contribution in [3.63, 3.8) is 0 Å². The number of fused-ring (bicyclic) bond motifs is 1. The number of aryl methyl sites for hydroxylation is 1. The van der Waals surface area contributed by atoms with Crippen LogP contribution in [0.2, 0.25) is 0 Å². The first-order chi connectivity index (χ1) is 10.3. The number of piperazine rings is 1. The average Bonchev–Trinajstić information content (AvgIpc) is 2.55. The van der Waals surface area contributed by atoms with Gasteiger partial charge in [0, 0.05) is 56.8 Å². The number of nitrogens with zero attached hydrogens (tertiary/aromatic N) is 2. The number of carbonyl (C=O) groups is 1. The molecule has 1 aromatic heterocycles. The van der Waals surface area contributed by atoms with Crippen LogP contribution in [0.25, 0.3) is 10.9 Å². The lowest BCUT2D eigenvalue weighted by molar-refractivity contribution is -0.131. The van der Waals surface area contributed by atoms with Crippen molar-refractivity contribution >= 4 is 16.8 Å². The van der Waals surface area contributed by atoms with Crippen molar-refractivity contribution in [3.05, 3.63) is 46.8 Å². The molecule has 0 atom stereocenters. The van der Waals surface area contributed by atoms with E-state index in [-0.39, 0.29) is 11.3 Å². The van der Waals surface area contributed by atoms with Gasteiger partial charge in [-0.2, -0.15) is 0 Å². The molecular formula is C16H19N3O2. The maximum atomic E-state index is 12.2. The van der Waals surface area contributed by atoms with E-state index in [4.69, 9.17) is 0 Å². The number of aromatic nitrogens is 1. The Morgan fingerprint density at radius 1 is 1.14 bits per heavy atom. The first-order valence-electron chi connectivity index (χ1n) is 7.32. The summed E-state index contributed by atoms with van der Waals surface area (Å²) < 4.78 is 1.98. The van der Waals surface area contributed by atoms with Gasteiger partial charge in [-0.05, 0) is 12.1 Å². The maximum Gasteiger partial charge on any atom is 0.224 e. The third-order valence-electron chi connectivity index (χ3n) is 3.92. The molecule has 1 aliphatic heterocycles. The van der Waals surface area contributed by atoms with Gasteiger partial charge in [0.1, 0.15) is 0 Å². The number of hydrogen-bond acceptors (Lipinski definition) is 3. The van der Waals surface area contributed by atoms with E-state index in [2.05, 4.69) is 5.32 Å². The van der Waals surface area contributed by atoms with Crippen molar-refractivity contribution in [3.8, 4) is 0 Å². The van der Waals surface area contributed by atoms with E-state index >= 15 is 0 Å². The van der Waals surface area contributed by atoms with Crippen molar-refractivity contribution in [2.75, 3.05) is 26.2 Å². The maximum absolute atomic E-state index is 12.2. The summed E-state index contributed by atoms with van der Waals surface area (Å²) in [6.45, 7) is 3.90. The second-order valence-electron chi connectivity index (χ2n) is 5.27. The van der Waals surface area contributed by atoms with Crippen molar-refractivity contribution in [2.45, 2.75) is 13.0 Å². The highest BCUT2D eigenvalue weighted by atomic mass is 16.2. The highest BCUT2D eigenvalue weighted by Gasteiger charge is 2.15. The van der Waals surface area contributed by atoms with E-state index in [0.29, 0.717) is 18.4 Å². The van der Waals surface area contributed by atoms with Crippen LogP contribution in [0.5, 0.6) is 0 Å². The van der Waals surface area contributed by atoms with E-state index in [1.165, 1.54) is 0 Å². The van der Waals surface area contributed by atoms with Gasteiger partial charge >= 0.3 is 0 Å². The molecule has 0 spiro atoms. The number of amides is 1. The Balaban J connectivity index is 1.75. The van der Waals surface area contributed by atoms with Crippen LogP contribution in [0.1, 0.15) is 6.42 Å². The molecular weight excluding hydrogens is 266 g/mol. The molecule has 5 nitrogen and oxygen atoms in total. The predicted octanol–water partition coefficient (Wildman–Crippen LogP) is 0.823. The van der Waals surface area contributed by atoms with Crippen LogP contribution in [0.15, 0.2) is 41.3 Å². The SMILES string of the molecule is O=C(CCn1ccc(=O)c2ccccc21)N1CCNCC1. The summed E-state index contributed by atoms with van der Waals surface area (Å²) in [6, 6.07) is 9.09. The Morgan fingerprint density at radius 2 is 1.90 bits per heavy atom. The summed E-state index contributed by atoms with van der Waals surface area (Å²) in [7, 11) is 0. The third-order valence-corrected chi connectivity index (χ3v) is 3.92. The fourth-order valence-corrected chi connectivity index (χ4v) is 2.74. The van der Waals surface area contributed by atoms with Gasteiger partial charge in [0.05, 0.1) is 5.52 Å².